The summed E-state index contributed by atoms with van der Waals surface area (Å²) in [5.41, 5.74) is 18.2. The van der Waals surface area contributed by atoms with E-state index in [9.17, 15) is 9.59 Å². The minimum Gasteiger partial charge on any atom is -0.494 e. The highest BCUT2D eigenvalue weighted by Gasteiger charge is 2.45. The summed E-state index contributed by atoms with van der Waals surface area (Å²) in [5.74, 6) is 1.39. The predicted octanol–water partition coefficient (Wildman–Crippen LogP) is 7.21. The lowest BCUT2D eigenvalue weighted by molar-refractivity contribution is -0.0179. The van der Waals surface area contributed by atoms with Crippen molar-refractivity contribution in [2.24, 2.45) is 9.98 Å². The number of fused-ring (bicyclic) bond motifs is 2. The molecule has 5 heterocycles. The van der Waals surface area contributed by atoms with E-state index in [-0.39, 0.29) is 17.2 Å². The van der Waals surface area contributed by atoms with E-state index in [4.69, 9.17) is 39.4 Å². The summed E-state index contributed by atoms with van der Waals surface area (Å²) in [6.07, 6.45) is 3.54. The number of hydrogen-bond donors (Lipinski definition) is 1. The van der Waals surface area contributed by atoms with Gasteiger partial charge in [0.1, 0.15) is 5.75 Å². The summed E-state index contributed by atoms with van der Waals surface area (Å²) in [4.78, 5) is 44.4. The van der Waals surface area contributed by atoms with Crippen molar-refractivity contribution in [3.05, 3.63) is 113 Å². The fourth-order valence-electron chi connectivity index (χ4n) is 9.26. The molecule has 1 unspecified atom stereocenters. The summed E-state index contributed by atoms with van der Waals surface area (Å²) in [7, 11) is 5.04. The topological polar surface area (TPSA) is 144 Å². The summed E-state index contributed by atoms with van der Waals surface area (Å²) in [5, 5.41) is 0. The average Bonchev–Trinajstić information content (AvgIpc) is 4.14. The van der Waals surface area contributed by atoms with Gasteiger partial charge in [-0.2, -0.15) is 0 Å². The predicted molar refractivity (Wildman–Crippen MR) is 249 cm³/mol. The fourth-order valence-corrected chi connectivity index (χ4v) is 9.26. The van der Waals surface area contributed by atoms with E-state index < -0.39 is 18.4 Å². The van der Waals surface area contributed by atoms with E-state index in [1.165, 1.54) is 41.5 Å². The fraction of sp³-hybridized carbons (Fsp3) is 0.400. The summed E-state index contributed by atoms with van der Waals surface area (Å²) < 4.78 is 28.6. The molecule has 2 N–H and O–H groups in total. The van der Waals surface area contributed by atoms with E-state index in [0.717, 1.165) is 98.0 Å². The van der Waals surface area contributed by atoms with Gasteiger partial charge in [0.25, 0.3) is 5.91 Å². The zero-order chi connectivity index (χ0) is 44.3. The molecule has 3 saturated heterocycles. The van der Waals surface area contributed by atoms with Crippen LogP contribution >= 0.6 is 0 Å². The molecule has 0 aliphatic carbocycles. The zero-order valence-corrected chi connectivity index (χ0v) is 37.0. The van der Waals surface area contributed by atoms with Crippen molar-refractivity contribution < 1.29 is 33.3 Å². The zero-order valence-electron chi connectivity index (χ0n) is 37.0. The van der Waals surface area contributed by atoms with Gasteiger partial charge in [0.15, 0.2) is 17.7 Å². The molecule has 0 aromatic heterocycles. The number of nitrogens with two attached hydrogens (primary N) is 1. The molecule has 4 aromatic rings. The second-order valence-electron chi connectivity index (χ2n) is 17.2. The standard InChI is InChI=1S/C50H57N7O7/c1-32-24-45(49-56(20-23-64-49)50(59)61-4)57(31-32)48(58)39-29-46(60-3)47(30-40(39)51)63-22-7-5-6-21-62-38-13-9-33(10-14-38)42-27-36-25-34(11-15-41(36)52-42)43-26-35-8-12-37(28-44(35)53-43)55-18-16-54(2)17-19-55/h8-15,25,28-30,45,49H,1,5-7,16-24,26-27,31,51H2,2-4H3/t45-,49?/m0/s1. The Hall–Kier alpha value is -6.38. The third kappa shape index (κ3) is 9.02. The third-order valence-electron chi connectivity index (χ3n) is 12.9. The molecule has 0 bridgehead atoms. The number of methoxy groups -OCH3 is 2. The molecule has 0 radical (unpaired) electrons. The van der Waals surface area contributed by atoms with Gasteiger partial charge in [-0.05, 0) is 110 Å². The maximum Gasteiger partial charge on any atom is 0.411 e. The van der Waals surface area contributed by atoms with Crippen LogP contribution in [0.4, 0.5) is 27.5 Å². The largest absolute Gasteiger partial charge is 0.494 e. The van der Waals surface area contributed by atoms with Crippen LogP contribution in [-0.4, -0.2) is 131 Å². The number of piperazine rings is 1. The molecular weight excluding hydrogens is 811 g/mol. The van der Waals surface area contributed by atoms with Gasteiger partial charge in [-0.3, -0.25) is 19.7 Å². The Balaban J connectivity index is 0.719. The lowest BCUT2D eigenvalue weighted by atomic mass is 9.99. The molecule has 5 aliphatic rings. The van der Waals surface area contributed by atoms with Crippen molar-refractivity contribution in [2.45, 2.75) is 50.8 Å². The number of ether oxygens (including phenoxy) is 5. The molecule has 64 heavy (non-hydrogen) atoms. The minimum absolute atomic E-state index is 0.268. The molecule has 334 valence electrons. The van der Waals surface area contributed by atoms with Gasteiger partial charge < -0.3 is 44.1 Å². The smallest absolute Gasteiger partial charge is 0.411 e. The second kappa shape index (κ2) is 18.8. The number of nitrogen functional groups attached to an aromatic ring is 1. The van der Waals surface area contributed by atoms with E-state index in [1.54, 1.807) is 17.0 Å². The Morgan fingerprint density at radius 3 is 2.30 bits per heavy atom. The molecule has 0 saturated carbocycles. The number of carbonyl (C=O) groups excluding carboxylic acids is 2. The highest BCUT2D eigenvalue weighted by atomic mass is 16.6. The third-order valence-corrected chi connectivity index (χ3v) is 12.9. The first-order valence-corrected chi connectivity index (χ1v) is 22.3. The van der Waals surface area contributed by atoms with Crippen molar-refractivity contribution >= 4 is 46.2 Å². The van der Waals surface area contributed by atoms with Crippen LogP contribution in [-0.2, 0) is 22.3 Å². The number of aliphatic imine (C=N–C) groups is 2. The summed E-state index contributed by atoms with van der Waals surface area (Å²) in [6.45, 7) is 10.5. The molecule has 4 aromatic carbocycles. The van der Waals surface area contributed by atoms with Crippen LogP contribution in [0.15, 0.2) is 94.9 Å². The average molecular weight is 868 g/mol. The van der Waals surface area contributed by atoms with Crippen molar-refractivity contribution in [3.8, 4) is 17.2 Å². The van der Waals surface area contributed by atoms with Crippen LogP contribution < -0.4 is 24.8 Å². The van der Waals surface area contributed by atoms with Crippen LogP contribution in [0.3, 0.4) is 0 Å². The van der Waals surface area contributed by atoms with Gasteiger partial charge >= 0.3 is 6.09 Å². The van der Waals surface area contributed by atoms with Gasteiger partial charge in [0.2, 0.25) is 0 Å². The van der Waals surface area contributed by atoms with Crippen molar-refractivity contribution in [1.82, 2.24) is 14.7 Å². The maximum atomic E-state index is 13.9. The van der Waals surface area contributed by atoms with Crippen LogP contribution in [0, 0.1) is 0 Å². The first-order valence-electron chi connectivity index (χ1n) is 22.3. The van der Waals surface area contributed by atoms with Gasteiger partial charge in [0.05, 0.1) is 75.0 Å². The molecule has 3 fully saturated rings. The molecule has 14 nitrogen and oxygen atoms in total. The van der Waals surface area contributed by atoms with Crippen LogP contribution in [0.1, 0.15) is 58.3 Å². The number of unbranched alkanes of at least 4 members (excludes halogenated alkanes) is 2. The molecule has 0 spiro atoms. The van der Waals surface area contributed by atoms with E-state index in [0.29, 0.717) is 50.8 Å². The lowest BCUT2D eigenvalue weighted by Gasteiger charge is -2.34. The van der Waals surface area contributed by atoms with Crippen LogP contribution in [0.5, 0.6) is 17.2 Å². The molecular formula is C50H57N7O7. The van der Waals surface area contributed by atoms with E-state index in [2.05, 4.69) is 72.0 Å². The minimum atomic E-state index is -0.640. The lowest BCUT2D eigenvalue weighted by Crippen LogP contribution is -2.50. The molecule has 2 atom stereocenters. The first kappa shape index (κ1) is 42.9. The Labute approximate surface area is 374 Å². The maximum absolute atomic E-state index is 13.9. The number of rotatable bonds is 14. The molecule has 5 aliphatic heterocycles. The Morgan fingerprint density at radius 2 is 1.52 bits per heavy atom. The van der Waals surface area contributed by atoms with Crippen LogP contribution in [0.25, 0.3) is 0 Å². The number of carbonyl (C=O) groups is 2. The van der Waals surface area contributed by atoms with E-state index in [1.807, 2.05) is 12.1 Å². The first-order chi connectivity index (χ1) is 31.1. The number of hydrogen-bond acceptors (Lipinski definition) is 12. The van der Waals surface area contributed by atoms with E-state index >= 15 is 0 Å². The van der Waals surface area contributed by atoms with Crippen molar-refractivity contribution in [3.63, 3.8) is 0 Å². The highest BCUT2D eigenvalue weighted by Crippen LogP contribution is 2.38. The molecule has 14 heteroatoms. The summed E-state index contributed by atoms with van der Waals surface area (Å²) in [6, 6.07) is 24.4. The SMILES string of the molecule is C=C1C[C@@H](C2OCCN2C(=O)OC)N(C(=O)c2cc(OC)c(OCCCCCOc3ccc(C4=Nc5ccc(C6=Nc7cc(N8CCN(C)CC8)ccc7C6)cc5C4)cc3)cc2N)C1. The number of likely N-dealkylation sites (tertiary alicyclic amines) is 1. The second-order valence-corrected chi connectivity index (χ2v) is 17.2. The Bertz CT molecular complexity index is 2480. The monoisotopic (exact) mass is 867 g/mol. The van der Waals surface area contributed by atoms with Gasteiger partial charge in [0, 0.05) is 63.0 Å². The van der Waals surface area contributed by atoms with Gasteiger partial charge in [-0.15, -0.1) is 0 Å². The highest BCUT2D eigenvalue weighted by molar-refractivity contribution is 6.10. The number of nitrogens with zero attached hydrogens (tertiary/aromatic N) is 6. The summed E-state index contributed by atoms with van der Waals surface area (Å²) >= 11 is 0. The van der Waals surface area contributed by atoms with Crippen LogP contribution in [0.2, 0.25) is 0 Å². The Morgan fingerprint density at radius 1 is 0.781 bits per heavy atom. The quantitative estimate of drug-likeness (QED) is 0.0785. The molecule has 2 amide bonds. The van der Waals surface area contributed by atoms with Crippen molar-refractivity contribution in [1.29, 1.82) is 0 Å². The number of amides is 2. The van der Waals surface area contributed by atoms with Crippen molar-refractivity contribution in [2.75, 3.05) is 91.0 Å². The number of benzene rings is 4. The normalized spacial score (nSPS) is 19.4. The molecule has 9 rings (SSSR count). The van der Waals surface area contributed by atoms with Gasteiger partial charge in [-0.25, -0.2) is 4.79 Å². The number of likely N-dealkylation sites (N-methyl/N-ethyl adjacent to an activating group) is 1. The Kier molecular flexibility index (Phi) is 12.6. The number of anilines is 2. The van der Waals surface area contributed by atoms with Gasteiger partial charge in [-0.1, -0.05) is 24.3 Å².